The molecular formula is C16H21FN4O2S. The van der Waals surface area contributed by atoms with Gasteiger partial charge in [-0.2, -0.15) is 0 Å². The number of rotatable bonds is 5. The zero-order valence-electron chi connectivity index (χ0n) is 13.5. The van der Waals surface area contributed by atoms with Crippen molar-refractivity contribution in [3.63, 3.8) is 0 Å². The molecule has 3 atom stereocenters. The molecule has 0 radical (unpaired) electrons. The van der Waals surface area contributed by atoms with Crippen molar-refractivity contribution in [1.82, 2.24) is 19.5 Å². The standard InChI is InChI=1S/C16H21FN4O2S/c1-2-12-4-3-5-14(8-12)24(22,23)20-13-6-7-15(17)16(9-13)21-10-18-19-11-21/h3-5,8,10-11,13,15-16,20H,2,6-7,9H2,1H3/t13-,15?,16+/m0/s1. The first kappa shape index (κ1) is 17.0. The number of aryl methyl sites for hydroxylation is 1. The first-order chi connectivity index (χ1) is 11.5. The Bertz CT molecular complexity index is 779. The van der Waals surface area contributed by atoms with E-state index in [9.17, 15) is 12.8 Å². The monoisotopic (exact) mass is 352 g/mol. The predicted molar refractivity (Wildman–Crippen MR) is 87.7 cm³/mol. The molecule has 1 unspecified atom stereocenters. The molecule has 0 spiro atoms. The number of aromatic nitrogens is 3. The highest BCUT2D eigenvalue weighted by molar-refractivity contribution is 7.89. The Morgan fingerprint density at radius 3 is 2.75 bits per heavy atom. The van der Waals surface area contributed by atoms with Gasteiger partial charge in [0, 0.05) is 6.04 Å². The molecule has 1 aliphatic rings. The van der Waals surface area contributed by atoms with E-state index in [0.717, 1.165) is 12.0 Å². The van der Waals surface area contributed by atoms with Gasteiger partial charge in [0.05, 0.1) is 10.9 Å². The fourth-order valence-electron chi connectivity index (χ4n) is 3.13. The smallest absolute Gasteiger partial charge is 0.240 e. The second-order valence-corrected chi connectivity index (χ2v) is 7.84. The van der Waals surface area contributed by atoms with Crippen LogP contribution in [-0.4, -0.2) is 35.4 Å². The van der Waals surface area contributed by atoms with Crippen LogP contribution in [0.4, 0.5) is 4.39 Å². The molecule has 2 aromatic rings. The van der Waals surface area contributed by atoms with Crippen LogP contribution in [0.25, 0.3) is 0 Å². The van der Waals surface area contributed by atoms with Crippen molar-refractivity contribution in [2.45, 2.75) is 55.8 Å². The summed E-state index contributed by atoms with van der Waals surface area (Å²) in [6.07, 6.45) is 3.86. The van der Waals surface area contributed by atoms with Gasteiger partial charge < -0.3 is 4.57 Å². The van der Waals surface area contributed by atoms with Gasteiger partial charge in [-0.3, -0.25) is 0 Å². The van der Waals surface area contributed by atoms with Gasteiger partial charge in [0.2, 0.25) is 10.0 Å². The molecule has 1 aromatic carbocycles. The van der Waals surface area contributed by atoms with Crippen molar-refractivity contribution in [3.8, 4) is 0 Å². The molecule has 1 fully saturated rings. The van der Waals surface area contributed by atoms with Crippen molar-refractivity contribution in [1.29, 1.82) is 0 Å². The minimum absolute atomic E-state index is 0.255. The number of alkyl halides is 1. The Morgan fingerprint density at radius 1 is 1.29 bits per heavy atom. The van der Waals surface area contributed by atoms with Crippen molar-refractivity contribution >= 4 is 10.0 Å². The average molecular weight is 352 g/mol. The van der Waals surface area contributed by atoms with E-state index < -0.39 is 22.2 Å². The maximum atomic E-state index is 14.2. The fraction of sp³-hybridized carbons (Fsp3) is 0.500. The molecule has 0 aliphatic heterocycles. The van der Waals surface area contributed by atoms with Gasteiger partial charge in [0.15, 0.2) is 0 Å². The third-order valence-corrected chi connectivity index (χ3v) is 6.01. The zero-order valence-corrected chi connectivity index (χ0v) is 14.3. The van der Waals surface area contributed by atoms with Crippen LogP contribution in [-0.2, 0) is 16.4 Å². The first-order valence-corrected chi connectivity index (χ1v) is 9.57. The molecule has 1 N–H and O–H groups in total. The molecule has 0 amide bonds. The lowest BCUT2D eigenvalue weighted by Gasteiger charge is -2.32. The van der Waals surface area contributed by atoms with Crippen molar-refractivity contribution in [3.05, 3.63) is 42.5 Å². The van der Waals surface area contributed by atoms with Gasteiger partial charge in [0.25, 0.3) is 0 Å². The van der Waals surface area contributed by atoms with Gasteiger partial charge in [-0.15, -0.1) is 10.2 Å². The minimum atomic E-state index is -3.62. The second kappa shape index (κ2) is 6.98. The SMILES string of the molecule is CCc1cccc(S(=O)(=O)N[C@H]2CCC(F)[C@H](n3cnnc3)C2)c1. The van der Waals surface area contributed by atoms with Gasteiger partial charge in [-0.25, -0.2) is 17.5 Å². The Kier molecular flexibility index (Phi) is 4.96. The lowest BCUT2D eigenvalue weighted by Crippen LogP contribution is -2.42. The van der Waals surface area contributed by atoms with Crippen LogP contribution in [0, 0.1) is 0 Å². The van der Waals surface area contributed by atoms with Gasteiger partial charge >= 0.3 is 0 Å². The number of halogens is 1. The topological polar surface area (TPSA) is 76.9 Å². The molecule has 130 valence electrons. The largest absolute Gasteiger partial charge is 0.314 e. The van der Waals surface area contributed by atoms with Crippen molar-refractivity contribution in [2.75, 3.05) is 0 Å². The van der Waals surface area contributed by atoms with E-state index in [1.807, 2.05) is 13.0 Å². The third-order valence-electron chi connectivity index (χ3n) is 4.49. The van der Waals surface area contributed by atoms with E-state index in [4.69, 9.17) is 0 Å². The molecule has 0 saturated heterocycles. The molecular weight excluding hydrogens is 331 g/mol. The molecule has 0 bridgehead atoms. The summed E-state index contributed by atoms with van der Waals surface area (Å²) >= 11 is 0. The molecule has 8 heteroatoms. The van der Waals surface area contributed by atoms with E-state index in [2.05, 4.69) is 14.9 Å². The summed E-state index contributed by atoms with van der Waals surface area (Å²) in [6.45, 7) is 1.98. The number of nitrogens with one attached hydrogen (secondary N) is 1. The molecule has 24 heavy (non-hydrogen) atoms. The summed E-state index contributed by atoms with van der Waals surface area (Å²) in [7, 11) is -3.62. The van der Waals surface area contributed by atoms with Crippen LogP contribution in [0.2, 0.25) is 0 Å². The predicted octanol–water partition coefficient (Wildman–Crippen LogP) is 2.25. The summed E-state index contributed by atoms with van der Waals surface area (Å²) < 4.78 is 43.7. The van der Waals surface area contributed by atoms with Gasteiger partial charge in [-0.05, 0) is 43.4 Å². The molecule has 1 aliphatic carbocycles. The summed E-state index contributed by atoms with van der Waals surface area (Å²) in [5.74, 6) is 0. The van der Waals surface area contributed by atoms with E-state index in [1.165, 1.54) is 12.7 Å². The number of benzene rings is 1. The van der Waals surface area contributed by atoms with Gasteiger partial charge in [0.1, 0.15) is 18.8 Å². The Hall–Kier alpha value is -1.80. The molecule has 1 aromatic heterocycles. The van der Waals surface area contributed by atoms with E-state index >= 15 is 0 Å². The number of hydrogen-bond acceptors (Lipinski definition) is 4. The third kappa shape index (κ3) is 3.64. The van der Waals surface area contributed by atoms with E-state index in [-0.39, 0.29) is 10.9 Å². The van der Waals surface area contributed by atoms with Crippen LogP contribution in [0.15, 0.2) is 41.8 Å². The summed E-state index contributed by atoms with van der Waals surface area (Å²) in [5.41, 5.74) is 0.965. The van der Waals surface area contributed by atoms with E-state index in [0.29, 0.717) is 19.3 Å². The highest BCUT2D eigenvalue weighted by Gasteiger charge is 2.34. The summed E-state index contributed by atoms with van der Waals surface area (Å²) in [5, 5.41) is 7.41. The molecule has 1 heterocycles. The lowest BCUT2D eigenvalue weighted by atomic mass is 9.90. The number of hydrogen-bond donors (Lipinski definition) is 1. The number of nitrogens with zero attached hydrogens (tertiary/aromatic N) is 3. The fourth-order valence-corrected chi connectivity index (χ4v) is 4.48. The maximum absolute atomic E-state index is 14.2. The van der Waals surface area contributed by atoms with Crippen molar-refractivity contribution in [2.24, 2.45) is 0 Å². The zero-order chi connectivity index (χ0) is 17.2. The quantitative estimate of drug-likeness (QED) is 0.895. The summed E-state index contributed by atoms with van der Waals surface area (Å²) in [6, 6.07) is 6.16. The second-order valence-electron chi connectivity index (χ2n) is 6.12. The Labute approximate surface area is 141 Å². The Morgan fingerprint density at radius 2 is 2.04 bits per heavy atom. The van der Waals surface area contributed by atoms with Crippen LogP contribution in [0.5, 0.6) is 0 Å². The van der Waals surface area contributed by atoms with Crippen LogP contribution >= 0.6 is 0 Å². The Balaban J connectivity index is 1.75. The highest BCUT2D eigenvalue weighted by Crippen LogP contribution is 2.31. The summed E-state index contributed by atoms with van der Waals surface area (Å²) in [4.78, 5) is 0.255. The molecule has 1 saturated carbocycles. The number of sulfonamides is 1. The average Bonchev–Trinajstić information content (AvgIpc) is 3.11. The van der Waals surface area contributed by atoms with Gasteiger partial charge in [-0.1, -0.05) is 19.1 Å². The molecule has 3 rings (SSSR count). The van der Waals surface area contributed by atoms with Crippen LogP contribution < -0.4 is 4.72 Å². The maximum Gasteiger partial charge on any atom is 0.240 e. The molecule has 6 nitrogen and oxygen atoms in total. The van der Waals surface area contributed by atoms with Crippen LogP contribution in [0.3, 0.4) is 0 Å². The van der Waals surface area contributed by atoms with Crippen molar-refractivity contribution < 1.29 is 12.8 Å². The van der Waals surface area contributed by atoms with E-state index in [1.54, 1.807) is 22.8 Å². The normalized spacial score (nSPS) is 24.8. The van der Waals surface area contributed by atoms with Crippen LogP contribution in [0.1, 0.15) is 37.8 Å². The lowest BCUT2D eigenvalue weighted by molar-refractivity contribution is 0.152. The minimum Gasteiger partial charge on any atom is -0.314 e. The highest BCUT2D eigenvalue weighted by atomic mass is 32.2. The first-order valence-electron chi connectivity index (χ1n) is 8.09.